The summed E-state index contributed by atoms with van der Waals surface area (Å²) in [4.78, 5) is 23.3. The van der Waals surface area contributed by atoms with Crippen LogP contribution < -0.4 is 10.1 Å². The van der Waals surface area contributed by atoms with Gasteiger partial charge in [0, 0.05) is 59.3 Å². The SMILES string of the molecule is CN=C(NCCN1CCN(C(=O)C2CCCC2)CC1)N(C)CCOc1ccccc1F. The Morgan fingerprint density at radius 1 is 1.23 bits per heavy atom. The summed E-state index contributed by atoms with van der Waals surface area (Å²) in [6.45, 7) is 6.15. The number of benzene rings is 1. The first kappa shape index (κ1) is 23.3. The number of para-hydroxylation sites is 1. The Kier molecular flexibility index (Phi) is 8.94. The zero-order chi connectivity index (χ0) is 22.1. The van der Waals surface area contributed by atoms with E-state index in [4.69, 9.17) is 4.74 Å². The molecule has 8 heteroatoms. The summed E-state index contributed by atoms with van der Waals surface area (Å²) in [6, 6.07) is 6.42. The van der Waals surface area contributed by atoms with Crippen LogP contribution in [-0.4, -0.2) is 93.1 Å². The Labute approximate surface area is 185 Å². The fourth-order valence-corrected chi connectivity index (χ4v) is 4.29. The van der Waals surface area contributed by atoms with Gasteiger partial charge in [-0.15, -0.1) is 0 Å². The van der Waals surface area contributed by atoms with E-state index in [1.807, 2.05) is 11.9 Å². The molecule has 0 aromatic heterocycles. The lowest BCUT2D eigenvalue weighted by Crippen LogP contribution is -2.52. The monoisotopic (exact) mass is 433 g/mol. The molecule has 0 bridgehead atoms. The Morgan fingerprint density at radius 3 is 2.61 bits per heavy atom. The first-order chi connectivity index (χ1) is 15.1. The number of hydrogen-bond donors (Lipinski definition) is 1. The Balaban J connectivity index is 1.31. The summed E-state index contributed by atoms with van der Waals surface area (Å²) >= 11 is 0. The minimum atomic E-state index is -0.349. The third-order valence-corrected chi connectivity index (χ3v) is 6.19. The molecule has 7 nitrogen and oxygen atoms in total. The maximum absolute atomic E-state index is 13.6. The van der Waals surface area contributed by atoms with E-state index in [1.165, 1.54) is 18.9 Å². The van der Waals surface area contributed by atoms with Crippen LogP contribution in [0.4, 0.5) is 4.39 Å². The van der Waals surface area contributed by atoms with Crippen LogP contribution in [0.25, 0.3) is 0 Å². The van der Waals surface area contributed by atoms with Crippen molar-refractivity contribution < 1.29 is 13.9 Å². The van der Waals surface area contributed by atoms with E-state index in [-0.39, 0.29) is 17.5 Å². The first-order valence-electron chi connectivity index (χ1n) is 11.4. The van der Waals surface area contributed by atoms with Crippen molar-refractivity contribution in [3.05, 3.63) is 30.1 Å². The summed E-state index contributed by atoms with van der Waals surface area (Å²) in [5.74, 6) is 1.35. The van der Waals surface area contributed by atoms with Gasteiger partial charge in [-0.2, -0.15) is 0 Å². The molecule has 2 fully saturated rings. The molecule has 1 saturated carbocycles. The second kappa shape index (κ2) is 11.9. The van der Waals surface area contributed by atoms with Crippen molar-refractivity contribution >= 4 is 11.9 Å². The van der Waals surface area contributed by atoms with Crippen molar-refractivity contribution in [3.8, 4) is 5.75 Å². The third kappa shape index (κ3) is 6.82. The van der Waals surface area contributed by atoms with Gasteiger partial charge in [0.2, 0.25) is 5.91 Å². The van der Waals surface area contributed by atoms with Gasteiger partial charge in [-0.1, -0.05) is 25.0 Å². The topological polar surface area (TPSA) is 60.4 Å². The molecule has 1 N–H and O–H groups in total. The molecule has 1 saturated heterocycles. The van der Waals surface area contributed by atoms with E-state index in [0.717, 1.165) is 58.1 Å². The Morgan fingerprint density at radius 2 is 1.94 bits per heavy atom. The summed E-state index contributed by atoms with van der Waals surface area (Å²) < 4.78 is 19.2. The summed E-state index contributed by atoms with van der Waals surface area (Å²) in [7, 11) is 3.69. The van der Waals surface area contributed by atoms with Crippen LogP contribution in [0.1, 0.15) is 25.7 Å². The van der Waals surface area contributed by atoms with Gasteiger partial charge < -0.3 is 19.9 Å². The molecule has 1 amide bonds. The zero-order valence-electron chi connectivity index (χ0n) is 18.9. The van der Waals surface area contributed by atoms with Gasteiger partial charge in [-0.25, -0.2) is 4.39 Å². The smallest absolute Gasteiger partial charge is 0.225 e. The number of nitrogens with zero attached hydrogens (tertiary/aromatic N) is 4. The van der Waals surface area contributed by atoms with Crippen LogP contribution in [0, 0.1) is 11.7 Å². The van der Waals surface area contributed by atoms with E-state index >= 15 is 0 Å². The summed E-state index contributed by atoms with van der Waals surface area (Å²) in [5.41, 5.74) is 0. The van der Waals surface area contributed by atoms with Crippen molar-refractivity contribution in [2.24, 2.45) is 10.9 Å². The van der Waals surface area contributed by atoms with Crippen LogP contribution in [-0.2, 0) is 4.79 Å². The Hall–Kier alpha value is -2.35. The third-order valence-electron chi connectivity index (χ3n) is 6.19. The molecular formula is C23H36FN5O2. The lowest BCUT2D eigenvalue weighted by molar-refractivity contribution is -0.137. The molecule has 1 heterocycles. The second-order valence-electron chi connectivity index (χ2n) is 8.32. The fourth-order valence-electron chi connectivity index (χ4n) is 4.29. The van der Waals surface area contributed by atoms with Crippen LogP contribution in [0.5, 0.6) is 5.75 Å². The van der Waals surface area contributed by atoms with Crippen molar-refractivity contribution in [2.45, 2.75) is 25.7 Å². The van der Waals surface area contributed by atoms with E-state index in [2.05, 4.69) is 20.1 Å². The van der Waals surface area contributed by atoms with Crippen LogP contribution in [0.3, 0.4) is 0 Å². The van der Waals surface area contributed by atoms with Gasteiger partial charge >= 0.3 is 0 Å². The maximum atomic E-state index is 13.6. The molecule has 172 valence electrons. The zero-order valence-corrected chi connectivity index (χ0v) is 18.9. The highest BCUT2D eigenvalue weighted by molar-refractivity contribution is 5.79. The van der Waals surface area contributed by atoms with Gasteiger partial charge in [0.1, 0.15) is 6.61 Å². The molecule has 0 spiro atoms. The van der Waals surface area contributed by atoms with E-state index < -0.39 is 0 Å². The number of guanidine groups is 1. The molecule has 2 aliphatic rings. The molecule has 1 aliphatic carbocycles. The number of carbonyl (C=O) groups is 1. The molecule has 31 heavy (non-hydrogen) atoms. The molecule has 0 unspecified atom stereocenters. The lowest BCUT2D eigenvalue weighted by Gasteiger charge is -2.36. The predicted octanol–water partition coefficient (Wildman–Crippen LogP) is 2.05. The number of nitrogens with one attached hydrogen (secondary N) is 1. The van der Waals surface area contributed by atoms with E-state index in [0.29, 0.717) is 19.1 Å². The maximum Gasteiger partial charge on any atom is 0.225 e. The standard InChI is InChI=1S/C23H36FN5O2/c1-25-23(27(2)17-18-31-21-10-6-5-9-20(21)24)26-11-12-28-13-15-29(16-14-28)22(30)19-7-3-4-8-19/h5-6,9-10,19H,3-4,7-8,11-18H2,1-2H3,(H,25,26). The number of carbonyl (C=O) groups excluding carboxylic acids is 1. The van der Waals surface area contributed by atoms with Gasteiger partial charge in [-0.05, 0) is 25.0 Å². The van der Waals surface area contributed by atoms with Crippen molar-refractivity contribution in [1.82, 2.24) is 20.0 Å². The number of amides is 1. The number of likely N-dealkylation sites (N-methyl/N-ethyl adjacent to an activating group) is 1. The highest BCUT2D eigenvalue weighted by atomic mass is 19.1. The molecule has 1 aromatic rings. The summed E-state index contributed by atoms with van der Waals surface area (Å²) in [5, 5.41) is 3.38. The summed E-state index contributed by atoms with van der Waals surface area (Å²) in [6.07, 6.45) is 4.54. The lowest BCUT2D eigenvalue weighted by atomic mass is 10.1. The normalized spacial score (nSPS) is 18.3. The van der Waals surface area contributed by atoms with Crippen LogP contribution in [0.2, 0.25) is 0 Å². The number of hydrogen-bond acceptors (Lipinski definition) is 4. The number of halogens is 1. The van der Waals surface area contributed by atoms with Crippen molar-refractivity contribution in [1.29, 1.82) is 0 Å². The number of aliphatic imine (C=N–C) groups is 1. The van der Waals surface area contributed by atoms with Gasteiger partial charge in [-0.3, -0.25) is 14.7 Å². The van der Waals surface area contributed by atoms with Crippen molar-refractivity contribution in [3.63, 3.8) is 0 Å². The fraction of sp³-hybridized carbons (Fsp3) is 0.652. The molecule has 1 aromatic carbocycles. The van der Waals surface area contributed by atoms with Gasteiger partial charge in [0.25, 0.3) is 0 Å². The highest BCUT2D eigenvalue weighted by Gasteiger charge is 2.29. The largest absolute Gasteiger partial charge is 0.489 e. The minimum absolute atomic E-state index is 0.268. The highest BCUT2D eigenvalue weighted by Crippen LogP contribution is 2.26. The molecule has 0 atom stereocenters. The number of ether oxygens (including phenoxy) is 1. The van der Waals surface area contributed by atoms with E-state index in [1.54, 1.807) is 25.2 Å². The molecular weight excluding hydrogens is 397 g/mol. The predicted molar refractivity (Wildman–Crippen MR) is 121 cm³/mol. The van der Waals surface area contributed by atoms with Crippen LogP contribution in [0.15, 0.2) is 29.3 Å². The molecule has 0 radical (unpaired) electrons. The average molecular weight is 434 g/mol. The number of piperazine rings is 1. The average Bonchev–Trinajstić information content (AvgIpc) is 3.33. The van der Waals surface area contributed by atoms with E-state index in [9.17, 15) is 9.18 Å². The van der Waals surface area contributed by atoms with Gasteiger partial charge in [0.15, 0.2) is 17.5 Å². The van der Waals surface area contributed by atoms with Gasteiger partial charge in [0.05, 0.1) is 6.54 Å². The molecule has 3 rings (SSSR count). The Bertz CT molecular complexity index is 730. The van der Waals surface area contributed by atoms with Crippen LogP contribution >= 0.6 is 0 Å². The quantitative estimate of drug-likeness (QED) is 0.502. The van der Waals surface area contributed by atoms with Crippen molar-refractivity contribution in [2.75, 3.05) is 66.5 Å². The first-order valence-corrected chi connectivity index (χ1v) is 11.4. The number of rotatable bonds is 8. The molecule has 1 aliphatic heterocycles. The minimum Gasteiger partial charge on any atom is -0.489 e. The second-order valence-corrected chi connectivity index (χ2v) is 8.32.